The summed E-state index contributed by atoms with van der Waals surface area (Å²) in [6.07, 6.45) is 0. The number of hydrogen-bond donors (Lipinski definition) is 4. The molecule has 0 atom stereocenters. The first-order valence-corrected chi connectivity index (χ1v) is 4.18. The summed E-state index contributed by atoms with van der Waals surface area (Å²) in [6, 6.07) is 4.63. The number of carbonyl (C=O) groups excluding carboxylic acids is 1. The lowest BCUT2D eigenvalue weighted by Crippen LogP contribution is -2.26. The standard InChI is InChI=1S/C9H13N3O2/c10-7-3-6(4-8(11)5-7)9(14)12-1-2-13/h3-5,13H,1-2,10-11H2,(H,12,14). The Morgan fingerprint density at radius 2 is 1.86 bits per heavy atom. The van der Waals surface area contributed by atoms with Crippen molar-refractivity contribution < 1.29 is 9.90 Å². The van der Waals surface area contributed by atoms with Gasteiger partial charge in [-0.05, 0) is 18.2 Å². The van der Waals surface area contributed by atoms with Crippen LogP contribution in [-0.2, 0) is 0 Å². The molecule has 5 heteroatoms. The highest BCUT2D eigenvalue weighted by atomic mass is 16.3. The number of aliphatic hydroxyl groups is 1. The molecule has 14 heavy (non-hydrogen) atoms. The van der Waals surface area contributed by atoms with Crippen LogP contribution in [0.2, 0.25) is 0 Å². The molecular formula is C9H13N3O2. The van der Waals surface area contributed by atoms with Crippen LogP contribution in [0, 0.1) is 0 Å². The zero-order valence-corrected chi connectivity index (χ0v) is 7.66. The molecule has 0 bridgehead atoms. The zero-order valence-electron chi connectivity index (χ0n) is 7.66. The summed E-state index contributed by atoms with van der Waals surface area (Å²) in [5.74, 6) is -0.293. The van der Waals surface area contributed by atoms with Crippen LogP contribution in [0.25, 0.3) is 0 Å². The number of rotatable bonds is 3. The van der Waals surface area contributed by atoms with Gasteiger partial charge in [0.1, 0.15) is 0 Å². The molecule has 5 nitrogen and oxygen atoms in total. The molecule has 0 radical (unpaired) electrons. The van der Waals surface area contributed by atoms with Crippen LogP contribution in [0.15, 0.2) is 18.2 Å². The van der Waals surface area contributed by atoms with Gasteiger partial charge >= 0.3 is 0 Å². The number of nitrogen functional groups attached to an aromatic ring is 2. The van der Waals surface area contributed by atoms with Gasteiger partial charge in [-0.2, -0.15) is 0 Å². The monoisotopic (exact) mass is 195 g/mol. The predicted octanol–water partition coefficient (Wildman–Crippen LogP) is -0.427. The van der Waals surface area contributed by atoms with E-state index in [1.807, 2.05) is 0 Å². The Bertz CT molecular complexity index is 319. The summed E-state index contributed by atoms with van der Waals surface area (Å²) >= 11 is 0. The van der Waals surface area contributed by atoms with Gasteiger partial charge in [0.25, 0.3) is 5.91 Å². The molecule has 1 rings (SSSR count). The molecule has 76 valence electrons. The molecule has 0 spiro atoms. The summed E-state index contributed by atoms with van der Waals surface area (Å²) in [5.41, 5.74) is 12.3. The normalized spacial score (nSPS) is 9.79. The van der Waals surface area contributed by atoms with Crippen LogP contribution in [0.5, 0.6) is 0 Å². The third-order valence-corrected chi connectivity index (χ3v) is 1.64. The van der Waals surface area contributed by atoms with Crippen molar-refractivity contribution in [3.8, 4) is 0 Å². The summed E-state index contributed by atoms with van der Waals surface area (Å²) < 4.78 is 0. The Kier molecular flexibility index (Phi) is 3.30. The zero-order chi connectivity index (χ0) is 10.6. The van der Waals surface area contributed by atoms with E-state index in [0.717, 1.165) is 0 Å². The van der Waals surface area contributed by atoms with Gasteiger partial charge in [0.15, 0.2) is 0 Å². The maximum absolute atomic E-state index is 11.4. The van der Waals surface area contributed by atoms with Gasteiger partial charge in [-0.25, -0.2) is 0 Å². The molecule has 1 aromatic carbocycles. The SMILES string of the molecule is Nc1cc(N)cc(C(=O)NCCO)c1. The van der Waals surface area contributed by atoms with Gasteiger partial charge in [-0.1, -0.05) is 0 Å². The fourth-order valence-corrected chi connectivity index (χ4v) is 1.08. The Hall–Kier alpha value is -1.75. The Morgan fingerprint density at radius 1 is 1.29 bits per heavy atom. The molecule has 0 aliphatic rings. The first kappa shape index (κ1) is 10.3. The summed E-state index contributed by atoms with van der Waals surface area (Å²) in [5, 5.41) is 11.0. The van der Waals surface area contributed by atoms with E-state index < -0.39 is 0 Å². The maximum Gasteiger partial charge on any atom is 0.251 e. The van der Waals surface area contributed by atoms with Crippen LogP contribution in [0.3, 0.4) is 0 Å². The molecule has 0 saturated carbocycles. The van der Waals surface area contributed by atoms with Gasteiger partial charge in [-0.3, -0.25) is 4.79 Å². The highest BCUT2D eigenvalue weighted by Gasteiger charge is 2.05. The van der Waals surface area contributed by atoms with Crippen LogP contribution >= 0.6 is 0 Å². The van der Waals surface area contributed by atoms with Crippen LogP contribution in [-0.4, -0.2) is 24.2 Å². The van der Waals surface area contributed by atoms with Crippen LogP contribution in [0.4, 0.5) is 11.4 Å². The fourth-order valence-electron chi connectivity index (χ4n) is 1.08. The van der Waals surface area contributed by atoms with Crippen molar-refractivity contribution in [1.29, 1.82) is 0 Å². The molecular weight excluding hydrogens is 182 g/mol. The smallest absolute Gasteiger partial charge is 0.251 e. The van der Waals surface area contributed by atoms with Crippen molar-refractivity contribution in [2.75, 3.05) is 24.6 Å². The van der Waals surface area contributed by atoms with Crippen molar-refractivity contribution >= 4 is 17.3 Å². The van der Waals surface area contributed by atoms with Crippen LogP contribution in [0.1, 0.15) is 10.4 Å². The number of nitrogens with two attached hydrogens (primary N) is 2. The topological polar surface area (TPSA) is 101 Å². The van der Waals surface area contributed by atoms with Gasteiger partial charge in [0.2, 0.25) is 0 Å². The average molecular weight is 195 g/mol. The van der Waals surface area contributed by atoms with Crippen molar-refractivity contribution in [3.63, 3.8) is 0 Å². The van der Waals surface area contributed by atoms with Gasteiger partial charge in [0, 0.05) is 23.5 Å². The number of carbonyl (C=O) groups is 1. The molecule has 1 aromatic rings. The summed E-state index contributed by atoms with van der Waals surface area (Å²) in [6.45, 7) is 0.122. The molecule has 0 heterocycles. The van der Waals surface area contributed by atoms with E-state index in [1.54, 1.807) is 6.07 Å². The molecule has 0 fully saturated rings. The molecule has 0 aliphatic heterocycles. The number of benzene rings is 1. The lowest BCUT2D eigenvalue weighted by molar-refractivity contribution is 0.0945. The van der Waals surface area contributed by atoms with Gasteiger partial charge in [0.05, 0.1) is 6.61 Å². The van der Waals surface area contributed by atoms with Crippen molar-refractivity contribution in [2.45, 2.75) is 0 Å². The summed E-state index contributed by atoms with van der Waals surface area (Å²) in [4.78, 5) is 11.4. The minimum atomic E-state index is -0.293. The predicted molar refractivity (Wildman–Crippen MR) is 54.7 cm³/mol. The second-order valence-electron chi connectivity index (χ2n) is 2.87. The molecule has 6 N–H and O–H groups in total. The average Bonchev–Trinajstić information content (AvgIpc) is 2.12. The maximum atomic E-state index is 11.4. The van der Waals surface area contributed by atoms with E-state index >= 15 is 0 Å². The van der Waals surface area contributed by atoms with E-state index in [1.165, 1.54) is 12.1 Å². The number of nitrogens with one attached hydrogen (secondary N) is 1. The van der Waals surface area contributed by atoms with E-state index in [0.29, 0.717) is 16.9 Å². The molecule has 0 aliphatic carbocycles. The third-order valence-electron chi connectivity index (χ3n) is 1.64. The van der Waals surface area contributed by atoms with Crippen LogP contribution < -0.4 is 16.8 Å². The molecule has 0 saturated heterocycles. The van der Waals surface area contributed by atoms with E-state index in [4.69, 9.17) is 16.6 Å². The Morgan fingerprint density at radius 3 is 2.36 bits per heavy atom. The lowest BCUT2D eigenvalue weighted by Gasteiger charge is -2.05. The highest BCUT2D eigenvalue weighted by molar-refractivity contribution is 5.96. The minimum Gasteiger partial charge on any atom is -0.399 e. The van der Waals surface area contributed by atoms with Crippen molar-refractivity contribution in [2.24, 2.45) is 0 Å². The molecule has 0 aromatic heterocycles. The van der Waals surface area contributed by atoms with E-state index in [9.17, 15) is 4.79 Å². The Labute approximate surface area is 81.7 Å². The lowest BCUT2D eigenvalue weighted by atomic mass is 10.1. The fraction of sp³-hybridized carbons (Fsp3) is 0.222. The second-order valence-corrected chi connectivity index (χ2v) is 2.87. The first-order valence-electron chi connectivity index (χ1n) is 4.18. The van der Waals surface area contributed by atoms with Gasteiger partial charge < -0.3 is 21.9 Å². The van der Waals surface area contributed by atoms with E-state index in [2.05, 4.69) is 5.32 Å². The number of anilines is 2. The Balaban J connectivity index is 2.79. The minimum absolute atomic E-state index is 0.0937. The van der Waals surface area contributed by atoms with E-state index in [-0.39, 0.29) is 19.1 Å². The van der Waals surface area contributed by atoms with Crippen molar-refractivity contribution in [3.05, 3.63) is 23.8 Å². The molecule has 0 unspecified atom stereocenters. The quantitative estimate of drug-likeness (QED) is 0.492. The number of hydrogen-bond acceptors (Lipinski definition) is 4. The number of aliphatic hydroxyl groups excluding tert-OH is 1. The van der Waals surface area contributed by atoms with Gasteiger partial charge in [-0.15, -0.1) is 0 Å². The number of amides is 1. The molecule has 1 amide bonds. The largest absolute Gasteiger partial charge is 0.399 e. The summed E-state index contributed by atoms with van der Waals surface area (Å²) in [7, 11) is 0. The third kappa shape index (κ3) is 2.63. The highest BCUT2D eigenvalue weighted by Crippen LogP contribution is 2.13. The first-order chi connectivity index (χ1) is 6.63. The second kappa shape index (κ2) is 4.48. The van der Waals surface area contributed by atoms with Crippen molar-refractivity contribution in [1.82, 2.24) is 5.32 Å².